The van der Waals surface area contributed by atoms with Gasteiger partial charge in [0, 0.05) is 26.2 Å². The maximum absolute atomic E-state index is 11.6. The smallest absolute Gasteiger partial charge is 0.211 e. The lowest BCUT2D eigenvalue weighted by Gasteiger charge is -2.30. The number of hydrogen-bond donors (Lipinski definition) is 3. The zero-order valence-corrected chi connectivity index (χ0v) is 20.2. The van der Waals surface area contributed by atoms with Gasteiger partial charge in [0.15, 0.2) is 5.96 Å². The summed E-state index contributed by atoms with van der Waals surface area (Å²) in [5, 5.41) is 17.1. The van der Waals surface area contributed by atoms with E-state index >= 15 is 0 Å². The zero-order chi connectivity index (χ0) is 20.1. The first-order valence-corrected chi connectivity index (χ1v) is 11.2. The molecule has 0 spiro atoms. The van der Waals surface area contributed by atoms with Crippen molar-refractivity contribution < 1.29 is 17.9 Å². The summed E-state index contributed by atoms with van der Waals surface area (Å²) in [5.74, 6) is 2.26. The van der Waals surface area contributed by atoms with Crippen molar-refractivity contribution in [3.8, 4) is 0 Å². The van der Waals surface area contributed by atoms with Crippen molar-refractivity contribution in [2.24, 2.45) is 10.9 Å². The minimum atomic E-state index is -3.10. The van der Waals surface area contributed by atoms with Gasteiger partial charge in [0.25, 0.3) is 0 Å². The van der Waals surface area contributed by atoms with Crippen LogP contribution in [-0.2, 0) is 15.6 Å². The number of sulfonamides is 1. The molecule has 0 radical (unpaired) electrons. The van der Waals surface area contributed by atoms with E-state index in [-0.39, 0.29) is 30.5 Å². The third-order valence-corrected chi connectivity index (χ3v) is 6.06. The molecule has 0 amide bonds. The molecule has 162 valence electrons. The molecule has 0 saturated carbocycles. The van der Waals surface area contributed by atoms with Crippen LogP contribution in [0.15, 0.2) is 21.5 Å². The molecule has 28 heavy (non-hydrogen) atoms. The van der Waals surface area contributed by atoms with E-state index < -0.39 is 15.6 Å². The van der Waals surface area contributed by atoms with Gasteiger partial charge in [-0.1, -0.05) is 0 Å². The number of nitrogens with one attached hydrogen (secondary N) is 2. The molecule has 3 N–H and O–H groups in total. The summed E-state index contributed by atoms with van der Waals surface area (Å²) in [7, 11) is -3.10. The Hall–Kier alpha value is -0.850. The van der Waals surface area contributed by atoms with Gasteiger partial charge in [0.2, 0.25) is 10.0 Å². The molecule has 1 atom stereocenters. The van der Waals surface area contributed by atoms with Crippen molar-refractivity contribution in [1.82, 2.24) is 14.9 Å². The van der Waals surface area contributed by atoms with Crippen LogP contribution in [0.3, 0.4) is 0 Å². The van der Waals surface area contributed by atoms with E-state index in [4.69, 9.17) is 4.42 Å². The highest BCUT2D eigenvalue weighted by atomic mass is 127. The normalized spacial score (nSPS) is 19.0. The number of guanidine groups is 1. The van der Waals surface area contributed by atoms with Gasteiger partial charge < -0.3 is 20.2 Å². The van der Waals surface area contributed by atoms with E-state index in [0.29, 0.717) is 43.8 Å². The summed E-state index contributed by atoms with van der Waals surface area (Å²) >= 11 is 0. The van der Waals surface area contributed by atoms with E-state index in [1.165, 1.54) is 10.6 Å². The van der Waals surface area contributed by atoms with Crippen molar-refractivity contribution in [1.29, 1.82) is 0 Å². The second-order valence-electron chi connectivity index (χ2n) is 7.37. The molecule has 2 rings (SSSR count). The van der Waals surface area contributed by atoms with Crippen LogP contribution in [0, 0.1) is 12.8 Å². The topological polar surface area (TPSA) is 107 Å². The number of aryl methyl sites for hydroxylation is 1. The molecule has 0 aliphatic carbocycles. The molecular weight excluding hydrogens is 495 g/mol. The summed E-state index contributed by atoms with van der Waals surface area (Å²) in [6.07, 6.45) is 2.90. The second-order valence-corrected chi connectivity index (χ2v) is 9.35. The van der Waals surface area contributed by atoms with Crippen LogP contribution in [0.2, 0.25) is 0 Å². The fourth-order valence-electron chi connectivity index (χ4n) is 3.06. The quantitative estimate of drug-likeness (QED) is 0.282. The van der Waals surface area contributed by atoms with Crippen molar-refractivity contribution >= 4 is 40.0 Å². The van der Waals surface area contributed by atoms with Gasteiger partial charge in [-0.25, -0.2) is 17.7 Å². The first kappa shape index (κ1) is 25.2. The molecule has 0 bridgehead atoms. The molecule has 2 heterocycles. The number of piperidine rings is 1. The summed E-state index contributed by atoms with van der Waals surface area (Å²) in [5.41, 5.74) is -1.18. The van der Waals surface area contributed by atoms with Crippen LogP contribution in [0.25, 0.3) is 0 Å². The number of aliphatic imine (C=N–C) groups is 1. The SMILES string of the molecule is CCNC(=NCC(C)(O)c1ccc(C)o1)NCC1CCN(S(C)(=O)=O)CC1.I. The molecule has 10 heteroatoms. The van der Waals surface area contributed by atoms with Gasteiger partial charge in [-0.15, -0.1) is 24.0 Å². The van der Waals surface area contributed by atoms with Gasteiger partial charge in [-0.2, -0.15) is 0 Å². The summed E-state index contributed by atoms with van der Waals surface area (Å²) in [4.78, 5) is 4.49. The molecule has 1 unspecified atom stereocenters. The molecular formula is C18H33IN4O4S. The lowest BCUT2D eigenvalue weighted by molar-refractivity contribution is 0.0428. The van der Waals surface area contributed by atoms with Gasteiger partial charge in [-0.3, -0.25) is 0 Å². The molecule has 0 aromatic carbocycles. The maximum atomic E-state index is 11.6. The number of halogens is 1. The first-order chi connectivity index (χ1) is 12.6. The number of aliphatic hydroxyl groups is 1. The lowest BCUT2D eigenvalue weighted by Crippen LogP contribution is -2.44. The molecule has 8 nitrogen and oxygen atoms in total. The van der Waals surface area contributed by atoms with Gasteiger partial charge >= 0.3 is 0 Å². The fourth-order valence-corrected chi connectivity index (χ4v) is 3.94. The Morgan fingerprint density at radius 2 is 2.00 bits per heavy atom. The largest absolute Gasteiger partial charge is 0.463 e. The van der Waals surface area contributed by atoms with Gasteiger partial charge in [-0.05, 0) is 51.7 Å². The first-order valence-electron chi connectivity index (χ1n) is 9.38. The Morgan fingerprint density at radius 3 is 2.50 bits per heavy atom. The lowest BCUT2D eigenvalue weighted by atomic mass is 9.98. The Kier molecular flexibility index (Phi) is 9.71. The van der Waals surface area contributed by atoms with Crippen LogP contribution < -0.4 is 10.6 Å². The Labute approximate surface area is 185 Å². The third-order valence-electron chi connectivity index (χ3n) is 4.76. The fraction of sp³-hybridized carbons (Fsp3) is 0.722. The monoisotopic (exact) mass is 528 g/mol. The van der Waals surface area contributed by atoms with Crippen LogP contribution in [0.1, 0.15) is 38.2 Å². The predicted molar refractivity (Wildman–Crippen MR) is 122 cm³/mol. The third kappa shape index (κ3) is 7.53. The highest BCUT2D eigenvalue weighted by Crippen LogP contribution is 2.23. The average molecular weight is 528 g/mol. The standard InChI is InChI=1S/C18H32N4O4S.HI/c1-5-19-17(21-13-18(3,23)16-7-6-14(2)26-16)20-12-15-8-10-22(11-9-15)27(4,24)25;/h6-7,15,23H,5,8-13H2,1-4H3,(H2,19,20,21);1H. The number of furan rings is 1. The van der Waals surface area contributed by atoms with Crippen LogP contribution in [0.5, 0.6) is 0 Å². The average Bonchev–Trinajstić information content (AvgIpc) is 3.04. The molecule has 1 aromatic heterocycles. The van der Waals surface area contributed by atoms with Crippen molar-refractivity contribution in [3.05, 3.63) is 23.7 Å². The van der Waals surface area contributed by atoms with E-state index in [0.717, 1.165) is 18.6 Å². The predicted octanol–water partition coefficient (Wildman–Crippen LogP) is 1.64. The van der Waals surface area contributed by atoms with Crippen LogP contribution in [0.4, 0.5) is 0 Å². The second kappa shape index (κ2) is 10.8. The highest BCUT2D eigenvalue weighted by Gasteiger charge is 2.27. The van der Waals surface area contributed by atoms with Crippen LogP contribution >= 0.6 is 24.0 Å². The molecule has 1 aliphatic rings. The molecule has 1 aliphatic heterocycles. The Morgan fingerprint density at radius 1 is 1.36 bits per heavy atom. The highest BCUT2D eigenvalue weighted by molar-refractivity contribution is 14.0. The summed E-state index contributed by atoms with van der Waals surface area (Å²) in [6, 6.07) is 3.58. The number of nitrogens with zero attached hydrogens (tertiary/aromatic N) is 2. The zero-order valence-electron chi connectivity index (χ0n) is 17.1. The summed E-state index contributed by atoms with van der Waals surface area (Å²) in [6.45, 7) is 8.21. The van der Waals surface area contributed by atoms with E-state index in [1.807, 2.05) is 19.9 Å². The van der Waals surface area contributed by atoms with Crippen molar-refractivity contribution in [3.63, 3.8) is 0 Å². The van der Waals surface area contributed by atoms with Crippen molar-refractivity contribution in [2.45, 2.75) is 39.2 Å². The molecule has 1 saturated heterocycles. The van der Waals surface area contributed by atoms with E-state index in [9.17, 15) is 13.5 Å². The molecule has 1 aromatic rings. The van der Waals surface area contributed by atoms with Crippen molar-refractivity contribution in [2.75, 3.05) is 39.0 Å². The maximum Gasteiger partial charge on any atom is 0.211 e. The van der Waals surface area contributed by atoms with E-state index in [1.54, 1.807) is 13.0 Å². The van der Waals surface area contributed by atoms with Gasteiger partial charge in [0.05, 0.1) is 12.8 Å². The Bertz CT molecular complexity index is 741. The minimum absolute atomic E-state index is 0. The number of hydrogen-bond acceptors (Lipinski definition) is 5. The summed E-state index contributed by atoms with van der Waals surface area (Å²) < 4.78 is 30.2. The van der Waals surface area contributed by atoms with Crippen LogP contribution in [-0.4, -0.2) is 62.8 Å². The number of rotatable bonds is 7. The minimum Gasteiger partial charge on any atom is -0.463 e. The molecule has 1 fully saturated rings. The van der Waals surface area contributed by atoms with E-state index in [2.05, 4.69) is 15.6 Å². The van der Waals surface area contributed by atoms with Gasteiger partial charge in [0.1, 0.15) is 17.1 Å². The Balaban J connectivity index is 0.00000392.